The van der Waals surface area contributed by atoms with Crippen LogP contribution < -0.4 is 5.32 Å². The number of nitrogens with one attached hydrogen (secondary N) is 1. The molecule has 3 rings (SSSR count). The zero-order valence-corrected chi connectivity index (χ0v) is 12.6. The zero-order chi connectivity index (χ0) is 15.4. The Bertz CT molecular complexity index is 774. The second kappa shape index (κ2) is 6.48. The van der Waals surface area contributed by atoms with Crippen LogP contribution in [0.1, 0.15) is 23.6 Å². The molecule has 0 bridgehead atoms. The second-order valence-corrected chi connectivity index (χ2v) is 5.38. The molecule has 1 aromatic heterocycles. The van der Waals surface area contributed by atoms with E-state index < -0.39 is 0 Å². The average molecular weight is 293 g/mol. The molecule has 22 heavy (non-hydrogen) atoms. The molecule has 0 radical (unpaired) electrons. The third-order valence-electron chi connectivity index (χ3n) is 3.81. The number of furan rings is 1. The number of benzene rings is 2. The quantitative estimate of drug-likeness (QED) is 0.776. The normalized spacial score (nSPS) is 10.8. The Balaban J connectivity index is 1.66. The van der Waals surface area contributed by atoms with Crippen LogP contribution >= 0.6 is 0 Å². The van der Waals surface area contributed by atoms with Gasteiger partial charge < -0.3 is 9.73 Å². The summed E-state index contributed by atoms with van der Waals surface area (Å²) in [5.74, 6) is 0.00567. The van der Waals surface area contributed by atoms with E-state index in [1.54, 1.807) is 6.26 Å². The van der Waals surface area contributed by atoms with E-state index in [1.165, 1.54) is 5.56 Å². The fourth-order valence-corrected chi connectivity index (χ4v) is 2.52. The third kappa shape index (κ3) is 3.19. The van der Waals surface area contributed by atoms with E-state index in [2.05, 4.69) is 18.3 Å². The van der Waals surface area contributed by atoms with E-state index in [0.717, 1.165) is 28.5 Å². The Morgan fingerprint density at radius 3 is 2.68 bits per heavy atom. The molecule has 3 nitrogen and oxygen atoms in total. The second-order valence-electron chi connectivity index (χ2n) is 5.38. The van der Waals surface area contributed by atoms with Crippen molar-refractivity contribution in [1.82, 2.24) is 5.32 Å². The van der Waals surface area contributed by atoms with Crippen molar-refractivity contribution in [1.29, 1.82) is 0 Å². The molecule has 0 fully saturated rings. The van der Waals surface area contributed by atoms with E-state index in [1.807, 2.05) is 42.5 Å². The molecule has 1 N–H and O–H groups in total. The number of carbonyl (C=O) groups excluding carboxylic acids is 1. The molecule has 0 saturated heterocycles. The molecule has 0 aliphatic heterocycles. The van der Waals surface area contributed by atoms with Gasteiger partial charge in [-0.1, -0.05) is 49.4 Å². The topological polar surface area (TPSA) is 42.2 Å². The highest BCUT2D eigenvalue weighted by atomic mass is 16.3. The largest absolute Gasteiger partial charge is 0.464 e. The van der Waals surface area contributed by atoms with Gasteiger partial charge in [-0.3, -0.25) is 4.79 Å². The van der Waals surface area contributed by atoms with Gasteiger partial charge >= 0.3 is 0 Å². The number of hydrogen-bond acceptors (Lipinski definition) is 2. The van der Waals surface area contributed by atoms with Gasteiger partial charge in [0.2, 0.25) is 5.91 Å². The highest BCUT2D eigenvalue weighted by Gasteiger charge is 2.10. The maximum atomic E-state index is 12.1. The lowest BCUT2D eigenvalue weighted by molar-refractivity contribution is -0.120. The van der Waals surface area contributed by atoms with Crippen molar-refractivity contribution in [2.24, 2.45) is 0 Å². The molecular weight excluding hydrogens is 274 g/mol. The summed E-state index contributed by atoms with van der Waals surface area (Å²) in [7, 11) is 0. The van der Waals surface area contributed by atoms with Gasteiger partial charge in [-0.05, 0) is 23.6 Å². The van der Waals surface area contributed by atoms with Crippen LogP contribution in [-0.4, -0.2) is 5.91 Å². The van der Waals surface area contributed by atoms with Gasteiger partial charge in [0.25, 0.3) is 0 Å². The van der Waals surface area contributed by atoms with Crippen LogP contribution in [0.25, 0.3) is 11.0 Å². The molecule has 2 aromatic carbocycles. The first kappa shape index (κ1) is 14.4. The predicted octanol–water partition coefficient (Wildman–Crippen LogP) is 3.85. The molecule has 1 heterocycles. The van der Waals surface area contributed by atoms with E-state index in [0.29, 0.717) is 13.0 Å². The predicted molar refractivity (Wildman–Crippen MR) is 87.6 cm³/mol. The van der Waals surface area contributed by atoms with Crippen LogP contribution in [0.4, 0.5) is 0 Å². The summed E-state index contributed by atoms with van der Waals surface area (Å²) in [6.45, 7) is 2.66. The number of hydrogen-bond donors (Lipinski definition) is 1. The Hall–Kier alpha value is -2.55. The lowest BCUT2D eigenvalue weighted by atomic mass is 10.1. The highest BCUT2D eigenvalue weighted by Crippen LogP contribution is 2.23. The highest BCUT2D eigenvalue weighted by molar-refractivity contribution is 5.87. The minimum atomic E-state index is 0.00567. The van der Waals surface area contributed by atoms with E-state index in [9.17, 15) is 4.79 Å². The number of fused-ring (bicyclic) bond motifs is 1. The number of aryl methyl sites for hydroxylation is 1. The molecule has 0 saturated carbocycles. The smallest absolute Gasteiger partial charge is 0.224 e. The van der Waals surface area contributed by atoms with Crippen molar-refractivity contribution in [3.63, 3.8) is 0 Å². The molecule has 0 unspecified atom stereocenters. The van der Waals surface area contributed by atoms with Gasteiger partial charge in [-0.25, -0.2) is 0 Å². The fourth-order valence-electron chi connectivity index (χ4n) is 2.52. The maximum absolute atomic E-state index is 12.1. The molecule has 3 aromatic rings. The summed E-state index contributed by atoms with van der Waals surface area (Å²) in [6.07, 6.45) is 3.00. The molecule has 0 atom stereocenters. The number of rotatable bonds is 5. The Kier molecular flexibility index (Phi) is 4.24. The SMILES string of the molecule is CCc1ccc2c(CC(=O)NCc3ccccc3)coc2c1. The third-order valence-corrected chi connectivity index (χ3v) is 3.81. The van der Waals surface area contributed by atoms with Crippen molar-refractivity contribution in [3.05, 3.63) is 71.5 Å². The van der Waals surface area contributed by atoms with Crippen LogP contribution in [0.5, 0.6) is 0 Å². The Labute approximate surface area is 130 Å². The van der Waals surface area contributed by atoms with Crippen LogP contribution in [0.15, 0.2) is 59.2 Å². The maximum Gasteiger partial charge on any atom is 0.224 e. The summed E-state index contributed by atoms with van der Waals surface area (Å²) in [6, 6.07) is 16.1. The van der Waals surface area contributed by atoms with Crippen molar-refractivity contribution in [3.8, 4) is 0 Å². The van der Waals surface area contributed by atoms with Crippen molar-refractivity contribution in [2.45, 2.75) is 26.3 Å². The van der Waals surface area contributed by atoms with Gasteiger partial charge in [-0.15, -0.1) is 0 Å². The minimum Gasteiger partial charge on any atom is -0.464 e. The monoisotopic (exact) mass is 293 g/mol. The van der Waals surface area contributed by atoms with E-state index in [4.69, 9.17) is 4.42 Å². The summed E-state index contributed by atoms with van der Waals surface area (Å²) in [5, 5.41) is 3.96. The molecule has 3 heteroatoms. The summed E-state index contributed by atoms with van der Waals surface area (Å²) in [5.41, 5.74) is 4.12. The summed E-state index contributed by atoms with van der Waals surface area (Å²) in [4.78, 5) is 12.1. The number of amides is 1. The van der Waals surface area contributed by atoms with E-state index in [-0.39, 0.29) is 5.91 Å². The van der Waals surface area contributed by atoms with Crippen molar-refractivity contribution < 1.29 is 9.21 Å². The summed E-state index contributed by atoms with van der Waals surface area (Å²) < 4.78 is 5.58. The molecule has 112 valence electrons. The van der Waals surface area contributed by atoms with Gasteiger partial charge in [0.15, 0.2) is 0 Å². The number of carbonyl (C=O) groups is 1. The van der Waals surface area contributed by atoms with Gasteiger partial charge in [-0.2, -0.15) is 0 Å². The minimum absolute atomic E-state index is 0.00567. The Morgan fingerprint density at radius 2 is 1.91 bits per heavy atom. The molecule has 1 amide bonds. The van der Waals surface area contributed by atoms with Gasteiger partial charge in [0.1, 0.15) is 5.58 Å². The standard InChI is InChI=1S/C19H19NO2/c1-2-14-8-9-17-16(13-22-18(17)10-14)11-19(21)20-12-15-6-4-3-5-7-15/h3-10,13H,2,11-12H2,1H3,(H,20,21). The Morgan fingerprint density at radius 1 is 1.09 bits per heavy atom. The van der Waals surface area contributed by atoms with Crippen LogP contribution in [-0.2, 0) is 24.2 Å². The van der Waals surface area contributed by atoms with Crippen LogP contribution in [0.3, 0.4) is 0 Å². The first-order chi connectivity index (χ1) is 10.8. The fraction of sp³-hybridized carbons (Fsp3) is 0.211. The van der Waals surface area contributed by atoms with Crippen molar-refractivity contribution >= 4 is 16.9 Å². The lowest BCUT2D eigenvalue weighted by Gasteiger charge is -2.04. The van der Waals surface area contributed by atoms with Crippen LogP contribution in [0, 0.1) is 0 Å². The van der Waals surface area contributed by atoms with Gasteiger partial charge in [0.05, 0.1) is 12.7 Å². The zero-order valence-electron chi connectivity index (χ0n) is 12.6. The van der Waals surface area contributed by atoms with Gasteiger partial charge in [0, 0.05) is 17.5 Å². The molecule has 0 aliphatic rings. The first-order valence-electron chi connectivity index (χ1n) is 7.56. The molecule has 0 spiro atoms. The lowest BCUT2D eigenvalue weighted by Crippen LogP contribution is -2.24. The summed E-state index contributed by atoms with van der Waals surface area (Å²) >= 11 is 0. The van der Waals surface area contributed by atoms with Crippen LogP contribution in [0.2, 0.25) is 0 Å². The molecule has 0 aliphatic carbocycles. The molecular formula is C19H19NO2. The van der Waals surface area contributed by atoms with E-state index >= 15 is 0 Å². The first-order valence-corrected chi connectivity index (χ1v) is 7.56. The van der Waals surface area contributed by atoms with Crippen molar-refractivity contribution in [2.75, 3.05) is 0 Å². The average Bonchev–Trinajstić information content (AvgIpc) is 2.96.